The van der Waals surface area contributed by atoms with Gasteiger partial charge < -0.3 is 14.3 Å². The number of fused-ring (bicyclic) bond motifs is 1. The predicted octanol–water partition coefficient (Wildman–Crippen LogP) is 4.57. The Morgan fingerprint density at radius 3 is 2.76 bits per heavy atom. The van der Waals surface area contributed by atoms with E-state index in [-0.39, 0.29) is 5.02 Å². The van der Waals surface area contributed by atoms with E-state index >= 15 is 0 Å². The van der Waals surface area contributed by atoms with Gasteiger partial charge in [-0.05, 0) is 30.4 Å². The Morgan fingerprint density at radius 1 is 1.24 bits per heavy atom. The van der Waals surface area contributed by atoms with Crippen molar-refractivity contribution in [2.45, 2.75) is 6.54 Å². The predicted molar refractivity (Wildman–Crippen MR) is 84.0 cm³/mol. The molecular formula is C15H12ClFN2OS. The number of aromatic nitrogens is 2. The number of nitrogens with zero attached hydrogens (tertiary/aromatic N) is 1. The number of halogens is 2. The van der Waals surface area contributed by atoms with Crippen LogP contribution in [0.2, 0.25) is 5.02 Å². The molecule has 0 radical (unpaired) electrons. The molecule has 1 N–H and O–H groups in total. The van der Waals surface area contributed by atoms with E-state index in [9.17, 15) is 4.39 Å². The summed E-state index contributed by atoms with van der Waals surface area (Å²) in [5.41, 5.74) is 1.39. The Morgan fingerprint density at radius 2 is 2.00 bits per heavy atom. The lowest BCUT2D eigenvalue weighted by atomic mass is 10.3. The van der Waals surface area contributed by atoms with E-state index in [1.165, 1.54) is 12.1 Å². The summed E-state index contributed by atoms with van der Waals surface area (Å²) >= 11 is 11.0. The van der Waals surface area contributed by atoms with Crippen LogP contribution in [0.1, 0.15) is 0 Å². The summed E-state index contributed by atoms with van der Waals surface area (Å²) in [4.78, 5) is 3.01. The molecule has 0 saturated carbocycles. The zero-order valence-electron chi connectivity index (χ0n) is 11.0. The minimum Gasteiger partial charge on any atom is -0.492 e. The lowest BCUT2D eigenvalue weighted by Gasteiger charge is -2.07. The van der Waals surface area contributed by atoms with Crippen LogP contribution in [0.3, 0.4) is 0 Å². The average Bonchev–Trinajstić information content (AvgIpc) is 2.76. The molecule has 0 amide bonds. The Balaban J connectivity index is 1.82. The number of rotatable bonds is 4. The maximum atomic E-state index is 13.6. The molecule has 0 aliphatic heterocycles. The molecule has 0 fully saturated rings. The van der Waals surface area contributed by atoms with Gasteiger partial charge in [0.2, 0.25) is 0 Å². The molecule has 3 rings (SSSR count). The van der Waals surface area contributed by atoms with Crippen molar-refractivity contribution in [1.82, 2.24) is 9.55 Å². The van der Waals surface area contributed by atoms with Crippen LogP contribution >= 0.6 is 23.8 Å². The number of hydrogen-bond acceptors (Lipinski definition) is 2. The molecule has 0 unspecified atom stereocenters. The number of H-pyrrole nitrogens is 1. The van der Waals surface area contributed by atoms with Gasteiger partial charge in [-0.3, -0.25) is 0 Å². The van der Waals surface area contributed by atoms with Crippen molar-refractivity contribution in [2.75, 3.05) is 6.61 Å². The molecule has 3 aromatic rings. The SMILES string of the molecule is Fc1cc2c(cc1Cl)[nH]c(=S)n2CCOc1ccccc1. The molecule has 21 heavy (non-hydrogen) atoms. The molecule has 0 atom stereocenters. The second-order valence-corrected chi connectivity index (χ2v) is 5.32. The molecule has 2 aromatic carbocycles. The van der Waals surface area contributed by atoms with E-state index in [1.807, 2.05) is 30.3 Å². The van der Waals surface area contributed by atoms with E-state index in [4.69, 9.17) is 28.6 Å². The molecule has 6 heteroatoms. The van der Waals surface area contributed by atoms with Crippen LogP contribution in [0, 0.1) is 10.6 Å². The van der Waals surface area contributed by atoms with Crippen molar-refractivity contribution in [1.29, 1.82) is 0 Å². The first kappa shape index (κ1) is 14.1. The smallest absolute Gasteiger partial charge is 0.178 e. The molecule has 1 aromatic heterocycles. The number of hydrogen-bond donors (Lipinski definition) is 1. The molecule has 108 valence electrons. The quantitative estimate of drug-likeness (QED) is 0.713. The van der Waals surface area contributed by atoms with E-state index in [0.717, 1.165) is 5.75 Å². The Labute approximate surface area is 130 Å². The van der Waals surface area contributed by atoms with Gasteiger partial charge in [-0.25, -0.2) is 4.39 Å². The van der Waals surface area contributed by atoms with Gasteiger partial charge in [0.25, 0.3) is 0 Å². The average molecular weight is 323 g/mol. The summed E-state index contributed by atoms with van der Waals surface area (Å²) in [6, 6.07) is 12.4. The van der Waals surface area contributed by atoms with Gasteiger partial charge in [-0.1, -0.05) is 29.8 Å². The summed E-state index contributed by atoms with van der Waals surface area (Å²) < 4.78 is 21.6. The van der Waals surface area contributed by atoms with Crippen molar-refractivity contribution < 1.29 is 9.13 Å². The summed E-state index contributed by atoms with van der Waals surface area (Å²) in [6.07, 6.45) is 0. The Kier molecular flexibility index (Phi) is 3.94. The number of benzene rings is 2. The Bertz CT molecular complexity index is 829. The third kappa shape index (κ3) is 2.94. The lowest BCUT2D eigenvalue weighted by Crippen LogP contribution is -2.08. The fraction of sp³-hybridized carbons (Fsp3) is 0.133. The van der Waals surface area contributed by atoms with Crippen LogP contribution in [0.25, 0.3) is 11.0 Å². The highest BCUT2D eigenvalue weighted by Crippen LogP contribution is 2.22. The highest BCUT2D eigenvalue weighted by atomic mass is 35.5. The Hall–Kier alpha value is -1.85. The van der Waals surface area contributed by atoms with Gasteiger partial charge in [0.1, 0.15) is 18.2 Å². The van der Waals surface area contributed by atoms with Crippen molar-refractivity contribution in [3.63, 3.8) is 0 Å². The summed E-state index contributed by atoms with van der Waals surface area (Å²) in [5.74, 6) is 0.328. The maximum Gasteiger partial charge on any atom is 0.178 e. The second kappa shape index (κ2) is 5.87. The van der Waals surface area contributed by atoms with E-state index in [0.29, 0.717) is 29.0 Å². The first-order valence-electron chi connectivity index (χ1n) is 6.40. The van der Waals surface area contributed by atoms with Crippen LogP contribution in [0.5, 0.6) is 5.75 Å². The zero-order chi connectivity index (χ0) is 14.8. The lowest BCUT2D eigenvalue weighted by molar-refractivity contribution is 0.299. The highest BCUT2D eigenvalue weighted by molar-refractivity contribution is 7.71. The number of imidazole rings is 1. The van der Waals surface area contributed by atoms with Crippen LogP contribution in [0.15, 0.2) is 42.5 Å². The van der Waals surface area contributed by atoms with Crippen molar-refractivity contribution in [3.8, 4) is 5.75 Å². The monoisotopic (exact) mass is 322 g/mol. The topological polar surface area (TPSA) is 29.9 Å². The van der Waals surface area contributed by atoms with Gasteiger partial charge >= 0.3 is 0 Å². The third-order valence-corrected chi connectivity index (χ3v) is 3.76. The van der Waals surface area contributed by atoms with Gasteiger partial charge in [-0.2, -0.15) is 0 Å². The molecule has 1 heterocycles. The fourth-order valence-corrected chi connectivity index (χ4v) is 2.61. The van der Waals surface area contributed by atoms with E-state index < -0.39 is 5.82 Å². The maximum absolute atomic E-state index is 13.6. The summed E-state index contributed by atoms with van der Waals surface area (Å²) in [6.45, 7) is 0.963. The second-order valence-electron chi connectivity index (χ2n) is 4.53. The van der Waals surface area contributed by atoms with Crippen LogP contribution in [0.4, 0.5) is 4.39 Å². The molecule has 3 nitrogen and oxygen atoms in total. The minimum absolute atomic E-state index is 0.0754. The molecule has 0 bridgehead atoms. The van der Waals surface area contributed by atoms with E-state index in [2.05, 4.69) is 4.98 Å². The van der Waals surface area contributed by atoms with Gasteiger partial charge in [-0.15, -0.1) is 0 Å². The van der Waals surface area contributed by atoms with E-state index in [1.54, 1.807) is 4.57 Å². The van der Waals surface area contributed by atoms with Crippen LogP contribution < -0.4 is 4.74 Å². The highest BCUT2D eigenvalue weighted by Gasteiger charge is 2.09. The zero-order valence-corrected chi connectivity index (χ0v) is 12.5. The normalized spacial score (nSPS) is 11.0. The first-order chi connectivity index (χ1) is 10.1. The minimum atomic E-state index is -0.462. The standard InChI is InChI=1S/C15H12ClFN2OS/c16-11-8-13-14(9-12(11)17)19(15(21)18-13)6-7-20-10-4-2-1-3-5-10/h1-5,8-9H,6-7H2,(H,18,21). The molecule has 0 aliphatic rings. The van der Waals surface area contributed by atoms with Crippen molar-refractivity contribution >= 4 is 34.9 Å². The van der Waals surface area contributed by atoms with Crippen molar-refractivity contribution in [2.24, 2.45) is 0 Å². The van der Waals surface area contributed by atoms with Gasteiger partial charge in [0.05, 0.1) is 22.6 Å². The molecule has 0 spiro atoms. The number of ether oxygens (including phenoxy) is 1. The van der Waals surface area contributed by atoms with Gasteiger partial charge in [0, 0.05) is 6.07 Å². The van der Waals surface area contributed by atoms with Crippen LogP contribution in [-0.2, 0) is 6.54 Å². The van der Waals surface area contributed by atoms with Crippen molar-refractivity contribution in [3.05, 3.63) is 58.1 Å². The number of nitrogens with one attached hydrogen (secondary N) is 1. The fourth-order valence-electron chi connectivity index (χ4n) is 2.15. The van der Waals surface area contributed by atoms with Crippen LogP contribution in [-0.4, -0.2) is 16.2 Å². The third-order valence-electron chi connectivity index (χ3n) is 3.14. The molecule has 0 saturated heterocycles. The summed E-state index contributed by atoms with van der Waals surface area (Å²) in [7, 11) is 0. The largest absolute Gasteiger partial charge is 0.492 e. The first-order valence-corrected chi connectivity index (χ1v) is 7.19. The summed E-state index contributed by atoms with van der Waals surface area (Å²) in [5, 5.41) is 0.0754. The molecular weight excluding hydrogens is 311 g/mol. The number of aromatic amines is 1. The molecule has 0 aliphatic carbocycles. The number of para-hydroxylation sites is 1. The van der Waals surface area contributed by atoms with Gasteiger partial charge in [0.15, 0.2) is 4.77 Å².